The van der Waals surface area contributed by atoms with Crippen molar-refractivity contribution in [3.63, 3.8) is 0 Å². The summed E-state index contributed by atoms with van der Waals surface area (Å²) in [5, 5.41) is 3.62. The van der Waals surface area contributed by atoms with Crippen LogP contribution in [-0.2, 0) is 4.74 Å². The number of nitrogens with one attached hydrogen (secondary N) is 2. The molecule has 0 spiro atoms. The summed E-state index contributed by atoms with van der Waals surface area (Å²) in [6.45, 7) is 9.53. The van der Waals surface area contributed by atoms with E-state index in [-0.39, 0.29) is 11.5 Å². The first kappa shape index (κ1) is 12.6. The van der Waals surface area contributed by atoms with E-state index >= 15 is 0 Å². The minimum absolute atomic E-state index is 0.205. The Morgan fingerprint density at radius 1 is 1.65 bits per heavy atom. The first-order valence-electron chi connectivity index (χ1n) is 6.42. The Kier molecular flexibility index (Phi) is 3.54. The van der Waals surface area contributed by atoms with Crippen LogP contribution < -0.4 is 5.32 Å². The minimum Gasteiger partial charge on any atom is -0.378 e. The molecule has 1 aliphatic carbocycles. The average Bonchev–Trinajstić information content (AvgIpc) is 2.81. The van der Waals surface area contributed by atoms with Gasteiger partial charge in [-0.15, -0.1) is 0 Å². The third kappa shape index (κ3) is 2.38. The van der Waals surface area contributed by atoms with Crippen molar-refractivity contribution in [1.82, 2.24) is 15.3 Å². The normalized spacial score (nSPS) is 28.7. The molecule has 1 aromatic rings. The molecule has 4 heteroatoms. The van der Waals surface area contributed by atoms with Crippen molar-refractivity contribution >= 4 is 0 Å². The molecule has 96 valence electrons. The summed E-state index contributed by atoms with van der Waals surface area (Å²) in [6, 6.07) is 0.760. The van der Waals surface area contributed by atoms with Crippen molar-refractivity contribution in [2.24, 2.45) is 5.41 Å². The SMILES string of the molecule is CCOC1CC(NC(C)c2ncc[nH]2)C1(C)C. The summed E-state index contributed by atoms with van der Waals surface area (Å²) in [4.78, 5) is 7.43. The molecular weight excluding hydrogens is 214 g/mol. The molecule has 0 bridgehead atoms. The molecule has 1 aliphatic rings. The molecule has 0 aliphatic heterocycles. The van der Waals surface area contributed by atoms with Gasteiger partial charge in [-0.1, -0.05) is 13.8 Å². The smallest absolute Gasteiger partial charge is 0.122 e. The van der Waals surface area contributed by atoms with E-state index in [1.165, 1.54) is 0 Å². The van der Waals surface area contributed by atoms with Gasteiger partial charge in [0.2, 0.25) is 0 Å². The van der Waals surface area contributed by atoms with Crippen LogP contribution in [0.15, 0.2) is 12.4 Å². The highest BCUT2D eigenvalue weighted by molar-refractivity contribution is 5.05. The van der Waals surface area contributed by atoms with Gasteiger partial charge in [-0.2, -0.15) is 0 Å². The van der Waals surface area contributed by atoms with E-state index in [2.05, 4.69) is 43.0 Å². The van der Waals surface area contributed by atoms with E-state index in [0.29, 0.717) is 12.1 Å². The molecule has 1 heterocycles. The van der Waals surface area contributed by atoms with Crippen molar-refractivity contribution in [2.75, 3.05) is 6.61 Å². The number of aromatic amines is 1. The highest BCUT2D eigenvalue weighted by Crippen LogP contribution is 2.43. The molecule has 0 amide bonds. The van der Waals surface area contributed by atoms with Crippen LogP contribution in [0.3, 0.4) is 0 Å². The van der Waals surface area contributed by atoms with Crippen LogP contribution in [0.4, 0.5) is 0 Å². The molecule has 0 aromatic carbocycles. The maximum absolute atomic E-state index is 5.73. The quantitative estimate of drug-likeness (QED) is 0.826. The lowest BCUT2D eigenvalue weighted by atomic mass is 9.64. The Balaban J connectivity index is 1.89. The van der Waals surface area contributed by atoms with Crippen LogP contribution in [0.2, 0.25) is 0 Å². The number of imidazole rings is 1. The Hall–Kier alpha value is -0.870. The van der Waals surface area contributed by atoms with Crippen molar-refractivity contribution in [2.45, 2.75) is 52.3 Å². The largest absolute Gasteiger partial charge is 0.378 e. The van der Waals surface area contributed by atoms with Gasteiger partial charge in [0.15, 0.2) is 0 Å². The predicted octanol–water partition coefficient (Wildman–Crippen LogP) is 2.26. The van der Waals surface area contributed by atoms with Crippen LogP contribution in [-0.4, -0.2) is 28.7 Å². The fraction of sp³-hybridized carbons (Fsp3) is 0.769. The van der Waals surface area contributed by atoms with Gasteiger partial charge in [0, 0.05) is 30.5 Å². The standard InChI is InChI=1S/C13H23N3O/c1-5-17-11-8-10(13(11,3)4)16-9(2)12-14-6-7-15-12/h6-7,9-11,16H,5,8H2,1-4H3,(H,14,15). The second kappa shape index (κ2) is 4.78. The summed E-state index contributed by atoms with van der Waals surface area (Å²) >= 11 is 0. The van der Waals surface area contributed by atoms with E-state index in [4.69, 9.17) is 4.74 Å². The molecular formula is C13H23N3O. The zero-order chi connectivity index (χ0) is 12.5. The number of hydrogen-bond donors (Lipinski definition) is 2. The van der Waals surface area contributed by atoms with Crippen LogP contribution >= 0.6 is 0 Å². The number of aromatic nitrogens is 2. The lowest BCUT2D eigenvalue weighted by molar-refractivity contribution is -0.116. The van der Waals surface area contributed by atoms with Gasteiger partial charge < -0.3 is 15.0 Å². The number of hydrogen-bond acceptors (Lipinski definition) is 3. The summed E-state index contributed by atoms with van der Waals surface area (Å²) in [7, 11) is 0. The molecule has 1 aromatic heterocycles. The zero-order valence-corrected chi connectivity index (χ0v) is 11.2. The molecule has 1 saturated carbocycles. The lowest BCUT2D eigenvalue weighted by Gasteiger charge is -2.52. The van der Waals surface area contributed by atoms with E-state index in [1.807, 2.05) is 6.20 Å². The number of ether oxygens (including phenoxy) is 1. The lowest BCUT2D eigenvalue weighted by Crippen LogP contribution is -2.61. The van der Waals surface area contributed by atoms with Gasteiger partial charge in [0.25, 0.3) is 0 Å². The third-order valence-electron chi connectivity index (χ3n) is 3.93. The summed E-state index contributed by atoms with van der Waals surface area (Å²) in [6.07, 6.45) is 5.13. The van der Waals surface area contributed by atoms with Gasteiger partial charge in [0.1, 0.15) is 5.82 Å². The molecule has 2 N–H and O–H groups in total. The number of rotatable bonds is 5. The topological polar surface area (TPSA) is 49.9 Å². The molecule has 0 radical (unpaired) electrons. The first-order valence-corrected chi connectivity index (χ1v) is 6.42. The highest BCUT2D eigenvalue weighted by Gasteiger charge is 2.49. The molecule has 4 nitrogen and oxygen atoms in total. The van der Waals surface area contributed by atoms with Gasteiger partial charge in [0.05, 0.1) is 12.1 Å². The molecule has 2 rings (SSSR count). The van der Waals surface area contributed by atoms with Crippen molar-refractivity contribution in [1.29, 1.82) is 0 Å². The zero-order valence-electron chi connectivity index (χ0n) is 11.2. The summed E-state index contributed by atoms with van der Waals surface area (Å²) in [5.41, 5.74) is 0.205. The Morgan fingerprint density at radius 3 is 2.94 bits per heavy atom. The van der Waals surface area contributed by atoms with E-state index in [1.54, 1.807) is 6.20 Å². The van der Waals surface area contributed by atoms with E-state index < -0.39 is 0 Å². The van der Waals surface area contributed by atoms with Crippen LogP contribution in [0, 0.1) is 5.41 Å². The fourth-order valence-electron chi connectivity index (χ4n) is 2.55. The Bertz CT molecular complexity index is 348. The highest BCUT2D eigenvalue weighted by atomic mass is 16.5. The van der Waals surface area contributed by atoms with Crippen molar-refractivity contribution < 1.29 is 4.74 Å². The number of nitrogens with zero attached hydrogens (tertiary/aromatic N) is 1. The monoisotopic (exact) mass is 237 g/mol. The van der Waals surface area contributed by atoms with Gasteiger partial charge >= 0.3 is 0 Å². The predicted molar refractivity (Wildman–Crippen MR) is 67.7 cm³/mol. The third-order valence-corrected chi connectivity index (χ3v) is 3.93. The summed E-state index contributed by atoms with van der Waals surface area (Å²) in [5.74, 6) is 1.00. The second-order valence-electron chi connectivity index (χ2n) is 5.42. The van der Waals surface area contributed by atoms with Crippen molar-refractivity contribution in [3.05, 3.63) is 18.2 Å². The fourth-order valence-corrected chi connectivity index (χ4v) is 2.55. The summed E-state index contributed by atoms with van der Waals surface area (Å²) < 4.78 is 5.73. The van der Waals surface area contributed by atoms with Gasteiger partial charge in [-0.25, -0.2) is 4.98 Å². The van der Waals surface area contributed by atoms with Gasteiger partial charge in [-0.3, -0.25) is 0 Å². The molecule has 0 saturated heterocycles. The molecule has 1 fully saturated rings. The van der Waals surface area contributed by atoms with Crippen LogP contribution in [0.5, 0.6) is 0 Å². The van der Waals surface area contributed by atoms with Crippen LogP contribution in [0.25, 0.3) is 0 Å². The van der Waals surface area contributed by atoms with E-state index in [9.17, 15) is 0 Å². The van der Waals surface area contributed by atoms with Gasteiger partial charge in [-0.05, 0) is 20.3 Å². The van der Waals surface area contributed by atoms with Crippen LogP contribution in [0.1, 0.15) is 46.0 Å². The second-order valence-corrected chi connectivity index (χ2v) is 5.42. The molecule has 17 heavy (non-hydrogen) atoms. The minimum atomic E-state index is 0.205. The maximum atomic E-state index is 5.73. The average molecular weight is 237 g/mol. The first-order chi connectivity index (χ1) is 8.05. The maximum Gasteiger partial charge on any atom is 0.122 e. The number of H-pyrrole nitrogens is 1. The van der Waals surface area contributed by atoms with Crippen molar-refractivity contribution in [3.8, 4) is 0 Å². The Morgan fingerprint density at radius 2 is 2.41 bits per heavy atom. The molecule has 3 unspecified atom stereocenters. The van der Waals surface area contributed by atoms with E-state index in [0.717, 1.165) is 18.9 Å². The molecule has 3 atom stereocenters. The Labute approximate surface area is 103 Å².